The molecule has 0 unspecified atom stereocenters. The molecule has 0 atom stereocenters. The predicted octanol–water partition coefficient (Wildman–Crippen LogP) is 3.75. The molecular formula is C12H8BrClN2O. The molecule has 17 heavy (non-hydrogen) atoms. The number of rotatable bonds is 2. The van der Waals surface area contributed by atoms with Gasteiger partial charge in [-0.15, -0.1) is 0 Å². The molecule has 0 spiro atoms. The molecule has 1 N–H and O–H groups in total. The van der Waals surface area contributed by atoms with Crippen molar-refractivity contribution in [3.63, 3.8) is 0 Å². The second kappa shape index (κ2) is 5.29. The standard InChI is InChI=1S/C12H8BrClN2O/c13-8-4-5-10(9(14)7-8)16-12(17)11-3-1-2-6-15-11/h1-7H,(H,16,17). The fourth-order valence-electron chi connectivity index (χ4n) is 1.27. The van der Waals surface area contributed by atoms with Gasteiger partial charge in [0.05, 0.1) is 10.7 Å². The van der Waals surface area contributed by atoms with Crippen molar-refractivity contribution < 1.29 is 4.79 Å². The maximum absolute atomic E-state index is 11.8. The molecular weight excluding hydrogens is 304 g/mol. The summed E-state index contributed by atoms with van der Waals surface area (Å²) in [5.74, 6) is -0.283. The third-order valence-electron chi connectivity index (χ3n) is 2.08. The minimum absolute atomic E-state index is 0.283. The lowest BCUT2D eigenvalue weighted by Crippen LogP contribution is -2.13. The van der Waals surface area contributed by atoms with Crippen molar-refractivity contribution >= 4 is 39.1 Å². The van der Waals surface area contributed by atoms with Gasteiger partial charge in [-0.05, 0) is 30.3 Å². The summed E-state index contributed by atoms with van der Waals surface area (Å²) in [4.78, 5) is 15.8. The molecule has 0 aliphatic carbocycles. The highest BCUT2D eigenvalue weighted by Gasteiger charge is 2.08. The van der Waals surface area contributed by atoms with E-state index in [1.807, 2.05) is 0 Å². The number of carbonyl (C=O) groups excluding carboxylic acids is 1. The van der Waals surface area contributed by atoms with Crippen LogP contribution in [0.5, 0.6) is 0 Å². The Morgan fingerprint density at radius 3 is 2.76 bits per heavy atom. The Morgan fingerprint density at radius 2 is 2.12 bits per heavy atom. The van der Waals surface area contributed by atoms with E-state index in [4.69, 9.17) is 11.6 Å². The van der Waals surface area contributed by atoms with Crippen LogP contribution in [0.25, 0.3) is 0 Å². The van der Waals surface area contributed by atoms with Gasteiger partial charge in [-0.1, -0.05) is 33.6 Å². The number of hydrogen-bond acceptors (Lipinski definition) is 2. The number of halogens is 2. The van der Waals surface area contributed by atoms with Crippen LogP contribution in [0, 0.1) is 0 Å². The van der Waals surface area contributed by atoms with Crippen molar-refractivity contribution in [2.24, 2.45) is 0 Å². The van der Waals surface area contributed by atoms with Gasteiger partial charge >= 0.3 is 0 Å². The Labute approximate surface area is 112 Å². The molecule has 0 saturated carbocycles. The maximum Gasteiger partial charge on any atom is 0.274 e. The molecule has 1 amide bonds. The molecule has 0 fully saturated rings. The SMILES string of the molecule is O=C(Nc1ccc(Br)cc1Cl)c1ccccn1. The summed E-state index contributed by atoms with van der Waals surface area (Å²) in [6.07, 6.45) is 1.57. The molecule has 0 aliphatic heterocycles. The highest BCUT2D eigenvalue weighted by atomic mass is 79.9. The molecule has 1 aromatic heterocycles. The van der Waals surface area contributed by atoms with E-state index in [0.29, 0.717) is 16.4 Å². The van der Waals surface area contributed by atoms with Crippen LogP contribution in [0.1, 0.15) is 10.5 Å². The molecule has 2 rings (SSSR count). The molecule has 2 aromatic rings. The van der Waals surface area contributed by atoms with Gasteiger partial charge in [0.15, 0.2) is 0 Å². The van der Waals surface area contributed by atoms with Crippen molar-refractivity contribution in [3.05, 3.63) is 57.8 Å². The zero-order valence-electron chi connectivity index (χ0n) is 8.65. The van der Waals surface area contributed by atoms with Gasteiger partial charge in [-0.3, -0.25) is 9.78 Å². The Hall–Kier alpha value is -1.39. The number of pyridine rings is 1. The van der Waals surface area contributed by atoms with Gasteiger partial charge in [-0.2, -0.15) is 0 Å². The average molecular weight is 312 g/mol. The van der Waals surface area contributed by atoms with Crippen molar-refractivity contribution in [1.82, 2.24) is 4.98 Å². The number of nitrogens with zero attached hydrogens (tertiary/aromatic N) is 1. The lowest BCUT2D eigenvalue weighted by molar-refractivity contribution is 0.102. The van der Waals surface area contributed by atoms with Gasteiger partial charge < -0.3 is 5.32 Å². The Kier molecular flexibility index (Phi) is 3.76. The minimum Gasteiger partial charge on any atom is -0.319 e. The zero-order chi connectivity index (χ0) is 12.3. The van der Waals surface area contributed by atoms with E-state index in [0.717, 1.165) is 4.47 Å². The van der Waals surface area contributed by atoms with E-state index in [1.165, 1.54) is 0 Å². The molecule has 0 radical (unpaired) electrons. The number of amides is 1. The Balaban J connectivity index is 2.19. The second-order valence-electron chi connectivity index (χ2n) is 3.29. The first-order chi connectivity index (χ1) is 8.16. The summed E-state index contributed by atoms with van der Waals surface area (Å²) in [5, 5.41) is 3.18. The molecule has 0 bridgehead atoms. The first-order valence-electron chi connectivity index (χ1n) is 4.84. The summed E-state index contributed by atoms with van der Waals surface area (Å²) in [5.41, 5.74) is 0.914. The quantitative estimate of drug-likeness (QED) is 0.918. The number of carbonyl (C=O) groups is 1. The fraction of sp³-hybridized carbons (Fsp3) is 0. The molecule has 5 heteroatoms. The van der Waals surface area contributed by atoms with Gasteiger partial charge in [0.2, 0.25) is 0 Å². The van der Waals surface area contributed by atoms with Crippen LogP contribution in [-0.2, 0) is 0 Å². The number of nitrogens with one attached hydrogen (secondary N) is 1. The van der Waals surface area contributed by atoms with Crippen LogP contribution >= 0.6 is 27.5 Å². The molecule has 0 aliphatic rings. The summed E-state index contributed by atoms with van der Waals surface area (Å²) in [7, 11) is 0. The zero-order valence-corrected chi connectivity index (χ0v) is 11.0. The molecule has 1 heterocycles. The van der Waals surface area contributed by atoms with Gasteiger partial charge in [0, 0.05) is 10.7 Å². The lowest BCUT2D eigenvalue weighted by Gasteiger charge is -2.06. The number of benzene rings is 1. The van der Waals surface area contributed by atoms with Crippen molar-refractivity contribution in [2.75, 3.05) is 5.32 Å². The van der Waals surface area contributed by atoms with E-state index in [9.17, 15) is 4.79 Å². The number of hydrogen-bond donors (Lipinski definition) is 1. The summed E-state index contributed by atoms with van der Waals surface area (Å²) < 4.78 is 0.860. The topological polar surface area (TPSA) is 42.0 Å². The van der Waals surface area contributed by atoms with Crippen LogP contribution in [0.3, 0.4) is 0 Å². The molecule has 1 aromatic carbocycles. The average Bonchev–Trinajstić information content (AvgIpc) is 2.34. The maximum atomic E-state index is 11.8. The predicted molar refractivity (Wildman–Crippen MR) is 71.3 cm³/mol. The molecule has 3 nitrogen and oxygen atoms in total. The minimum atomic E-state index is -0.283. The van der Waals surface area contributed by atoms with Crippen LogP contribution in [0.2, 0.25) is 5.02 Å². The van der Waals surface area contributed by atoms with E-state index < -0.39 is 0 Å². The van der Waals surface area contributed by atoms with E-state index in [2.05, 4.69) is 26.2 Å². The smallest absolute Gasteiger partial charge is 0.274 e. The van der Waals surface area contributed by atoms with Crippen molar-refractivity contribution in [2.45, 2.75) is 0 Å². The Bertz CT molecular complexity index is 545. The second-order valence-corrected chi connectivity index (χ2v) is 4.62. The molecule has 0 saturated heterocycles. The Morgan fingerprint density at radius 1 is 1.29 bits per heavy atom. The fourth-order valence-corrected chi connectivity index (χ4v) is 1.99. The normalized spacial score (nSPS) is 10.0. The highest BCUT2D eigenvalue weighted by Crippen LogP contribution is 2.25. The van der Waals surface area contributed by atoms with Gasteiger partial charge in [-0.25, -0.2) is 0 Å². The van der Waals surface area contributed by atoms with Crippen LogP contribution < -0.4 is 5.32 Å². The first-order valence-corrected chi connectivity index (χ1v) is 6.01. The van der Waals surface area contributed by atoms with Crippen LogP contribution in [-0.4, -0.2) is 10.9 Å². The highest BCUT2D eigenvalue weighted by molar-refractivity contribution is 9.10. The van der Waals surface area contributed by atoms with Crippen LogP contribution in [0.15, 0.2) is 47.1 Å². The van der Waals surface area contributed by atoms with Crippen molar-refractivity contribution in [1.29, 1.82) is 0 Å². The largest absolute Gasteiger partial charge is 0.319 e. The third kappa shape index (κ3) is 3.05. The van der Waals surface area contributed by atoms with Gasteiger partial charge in [0.1, 0.15) is 5.69 Å². The lowest BCUT2D eigenvalue weighted by atomic mass is 10.3. The first kappa shape index (κ1) is 12.1. The van der Waals surface area contributed by atoms with Crippen LogP contribution in [0.4, 0.5) is 5.69 Å². The van der Waals surface area contributed by atoms with Gasteiger partial charge in [0.25, 0.3) is 5.91 Å². The number of anilines is 1. The summed E-state index contributed by atoms with van der Waals surface area (Å²) in [6, 6.07) is 10.4. The monoisotopic (exact) mass is 310 g/mol. The van der Waals surface area contributed by atoms with E-state index >= 15 is 0 Å². The van der Waals surface area contributed by atoms with E-state index in [1.54, 1.807) is 42.6 Å². The third-order valence-corrected chi connectivity index (χ3v) is 2.88. The summed E-state index contributed by atoms with van der Waals surface area (Å²) in [6.45, 7) is 0. The number of aromatic nitrogens is 1. The van der Waals surface area contributed by atoms with E-state index in [-0.39, 0.29) is 5.91 Å². The van der Waals surface area contributed by atoms with Crippen molar-refractivity contribution in [3.8, 4) is 0 Å². The summed E-state index contributed by atoms with van der Waals surface area (Å²) >= 11 is 9.29. The molecule has 86 valence electrons.